The number of nitrogens with one attached hydrogen (secondary N) is 3. The Hall–Kier alpha value is -2.34. The molecule has 0 fully saturated rings. The largest absolute Gasteiger partial charge is 0.330 e. The maximum Gasteiger partial charge on any atom is 0.323 e. The van der Waals surface area contributed by atoms with Gasteiger partial charge in [0.15, 0.2) is 0 Å². The summed E-state index contributed by atoms with van der Waals surface area (Å²) in [5.41, 5.74) is 11.0. The average molecular weight is 257 g/mol. The van der Waals surface area contributed by atoms with Gasteiger partial charge in [0.05, 0.1) is 16.7 Å². The molecule has 98 valence electrons. The minimum Gasteiger partial charge on any atom is -0.330 e. The van der Waals surface area contributed by atoms with Gasteiger partial charge in [-0.1, -0.05) is 6.07 Å². The molecule has 0 atom stereocenters. The molecule has 3 aromatic rings. The van der Waals surface area contributed by atoms with Crippen LogP contribution >= 0.6 is 0 Å². The van der Waals surface area contributed by atoms with Crippen LogP contribution in [0, 0.1) is 6.92 Å². The Labute approximate surface area is 109 Å². The van der Waals surface area contributed by atoms with Crippen LogP contribution in [0.4, 0.5) is 0 Å². The Kier molecular flexibility index (Phi) is 2.72. The van der Waals surface area contributed by atoms with Gasteiger partial charge in [-0.05, 0) is 31.2 Å². The second kappa shape index (κ2) is 4.40. The van der Waals surface area contributed by atoms with Crippen molar-refractivity contribution in [3.05, 3.63) is 39.9 Å². The van der Waals surface area contributed by atoms with Crippen molar-refractivity contribution in [1.82, 2.24) is 20.2 Å². The number of benzene rings is 1. The molecule has 6 heteroatoms. The molecule has 2 aromatic heterocycles. The fourth-order valence-corrected chi connectivity index (χ4v) is 2.28. The molecule has 6 nitrogen and oxygen atoms in total. The number of hydrogen-bond acceptors (Lipinski definition) is 3. The molecule has 3 rings (SSSR count). The van der Waals surface area contributed by atoms with Crippen molar-refractivity contribution in [2.75, 3.05) is 6.54 Å². The summed E-state index contributed by atoms with van der Waals surface area (Å²) in [5, 5.41) is 7.35. The van der Waals surface area contributed by atoms with Gasteiger partial charge < -0.3 is 15.7 Å². The second-order valence-corrected chi connectivity index (χ2v) is 4.55. The van der Waals surface area contributed by atoms with Crippen LogP contribution in [0.3, 0.4) is 0 Å². The molecule has 0 aliphatic carbocycles. The van der Waals surface area contributed by atoms with E-state index in [-0.39, 0.29) is 5.69 Å². The summed E-state index contributed by atoms with van der Waals surface area (Å²) in [7, 11) is 0. The summed E-state index contributed by atoms with van der Waals surface area (Å²) in [5.74, 6) is 0. The number of nitrogens with two attached hydrogens (primary N) is 1. The quantitative estimate of drug-likeness (QED) is 0.564. The monoisotopic (exact) mass is 257 g/mol. The highest BCUT2D eigenvalue weighted by atomic mass is 16.1. The zero-order chi connectivity index (χ0) is 13.4. The van der Waals surface area contributed by atoms with Crippen molar-refractivity contribution >= 4 is 11.0 Å². The van der Waals surface area contributed by atoms with E-state index >= 15 is 0 Å². The Balaban J connectivity index is 2.10. The maximum atomic E-state index is 11.2. The van der Waals surface area contributed by atoms with Gasteiger partial charge in [-0.3, -0.25) is 5.10 Å². The molecule has 0 saturated carbocycles. The van der Waals surface area contributed by atoms with E-state index in [9.17, 15) is 4.79 Å². The molecule has 0 bridgehead atoms. The van der Waals surface area contributed by atoms with E-state index < -0.39 is 0 Å². The lowest BCUT2D eigenvalue weighted by molar-refractivity contribution is 0.896. The lowest BCUT2D eigenvalue weighted by Crippen LogP contribution is -2.03. The first-order chi connectivity index (χ1) is 9.19. The van der Waals surface area contributed by atoms with Crippen LogP contribution in [-0.2, 0) is 6.42 Å². The summed E-state index contributed by atoms with van der Waals surface area (Å²) >= 11 is 0. The first-order valence-electron chi connectivity index (χ1n) is 6.15. The van der Waals surface area contributed by atoms with Crippen molar-refractivity contribution in [3.8, 4) is 11.3 Å². The Morgan fingerprint density at radius 1 is 1.26 bits per heavy atom. The minimum absolute atomic E-state index is 0.199. The van der Waals surface area contributed by atoms with Crippen LogP contribution in [0.5, 0.6) is 0 Å². The third-order valence-corrected chi connectivity index (χ3v) is 3.29. The molecule has 2 heterocycles. The highest BCUT2D eigenvalue weighted by molar-refractivity contribution is 5.81. The molecule has 5 N–H and O–H groups in total. The van der Waals surface area contributed by atoms with Crippen LogP contribution in [0.25, 0.3) is 22.3 Å². The van der Waals surface area contributed by atoms with E-state index in [4.69, 9.17) is 5.73 Å². The number of fused-ring (bicyclic) bond motifs is 1. The number of hydrogen-bond donors (Lipinski definition) is 4. The highest BCUT2D eigenvalue weighted by Crippen LogP contribution is 2.25. The molecule has 0 unspecified atom stereocenters. The fraction of sp³-hybridized carbons (Fsp3) is 0.231. The smallest absolute Gasteiger partial charge is 0.323 e. The maximum absolute atomic E-state index is 11.2. The molecule has 19 heavy (non-hydrogen) atoms. The first kappa shape index (κ1) is 11.7. The third-order valence-electron chi connectivity index (χ3n) is 3.29. The molecule has 0 saturated heterocycles. The van der Waals surface area contributed by atoms with Crippen molar-refractivity contribution in [3.63, 3.8) is 0 Å². The van der Waals surface area contributed by atoms with Gasteiger partial charge in [0.2, 0.25) is 0 Å². The SMILES string of the molecule is Cc1c(-c2ccc3[nH]c(=O)[nH]c3c2)n[nH]c1CCN. The molecule has 0 aliphatic rings. The predicted molar refractivity (Wildman–Crippen MR) is 74.0 cm³/mol. The van der Waals surface area contributed by atoms with Crippen LogP contribution in [0.2, 0.25) is 0 Å². The van der Waals surface area contributed by atoms with Crippen molar-refractivity contribution in [2.45, 2.75) is 13.3 Å². The van der Waals surface area contributed by atoms with Crippen LogP contribution in [0.1, 0.15) is 11.3 Å². The van der Waals surface area contributed by atoms with E-state index in [0.717, 1.165) is 40.0 Å². The van der Waals surface area contributed by atoms with Gasteiger partial charge in [0.25, 0.3) is 0 Å². The Bertz CT molecular complexity index is 780. The van der Waals surface area contributed by atoms with Gasteiger partial charge in [0.1, 0.15) is 0 Å². The number of rotatable bonds is 3. The number of aromatic amines is 3. The second-order valence-electron chi connectivity index (χ2n) is 4.55. The Morgan fingerprint density at radius 2 is 2.05 bits per heavy atom. The Morgan fingerprint density at radius 3 is 2.84 bits per heavy atom. The fourth-order valence-electron chi connectivity index (χ4n) is 2.28. The summed E-state index contributed by atoms with van der Waals surface area (Å²) in [6, 6.07) is 5.74. The van der Waals surface area contributed by atoms with Gasteiger partial charge in [0, 0.05) is 17.7 Å². The standard InChI is InChI=1S/C13H15N5O/c1-7-9(4-5-14)17-18-12(7)8-2-3-10-11(6-8)16-13(19)15-10/h2-3,6H,4-5,14H2,1H3,(H,17,18)(H2,15,16,19). The van der Waals surface area contributed by atoms with Crippen LogP contribution in [-0.4, -0.2) is 26.7 Å². The van der Waals surface area contributed by atoms with Crippen molar-refractivity contribution < 1.29 is 0 Å². The third kappa shape index (κ3) is 1.96. The first-order valence-corrected chi connectivity index (χ1v) is 6.15. The van der Waals surface area contributed by atoms with E-state index in [2.05, 4.69) is 20.2 Å². The van der Waals surface area contributed by atoms with E-state index in [1.165, 1.54) is 0 Å². The zero-order valence-electron chi connectivity index (χ0n) is 10.6. The molecule has 0 aliphatic heterocycles. The summed E-state index contributed by atoms with van der Waals surface area (Å²) < 4.78 is 0. The predicted octanol–water partition coefficient (Wildman–Crippen LogP) is 1.06. The molecule has 0 amide bonds. The summed E-state index contributed by atoms with van der Waals surface area (Å²) in [4.78, 5) is 16.7. The average Bonchev–Trinajstić information content (AvgIpc) is 2.92. The molecular formula is C13H15N5O. The zero-order valence-corrected chi connectivity index (χ0v) is 10.6. The number of imidazole rings is 1. The van der Waals surface area contributed by atoms with Crippen LogP contribution in [0.15, 0.2) is 23.0 Å². The van der Waals surface area contributed by atoms with E-state index in [1.807, 2.05) is 25.1 Å². The lowest BCUT2D eigenvalue weighted by Gasteiger charge is -2.00. The lowest BCUT2D eigenvalue weighted by atomic mass is 10.1. The molecule has 0 radical (unpaired) electrons. The normalized spacial score (nSPS) is 11.3. The van der Waals surface area contributed by atoms with Crippen molar-refractivity contribution in [2.24, 2.45) is 5.73 Å². The van der Waals surface area contributed by atoms with Gasteiger partial charge in [-0.25, -0.2) is 4.79 Å². The number of H-pyrrole nitrogens is 3. The molecular weight excluding hydrogens is 242 g/mol. The molecule has 0 spiro atoms. The molecule has 1 aromatic carbocycles. The number of nitrogens with zero attached hydrogens (tertiary/aromatic N) is 1. The number of aromatic nitrogens is 4. The van der Waals surface area contributed by atoms with Crippen molar-refractivity contribution in [1.29, 1.82) is 0 Å². The van der Waals surface area contributed by atoms with E-state index in [1.54, 1.807) is 0 Å². The topological polar surface area (TPSA) is 103 Å². The summed E-state index contributed by atoms with van der Waals surface area (Å²) in [6.07, 6.45) is 0.780. The van der Waals surface area contributed by atoms with Crippen LogP contribution < -0.4 is 11.4 Å². The highest BCUT2D eigenvalue weighted by Gasteiger charge is 2.11. The minimum atomic E-state index is -0.199. The summed E-state index contributed by atoms with van der Waals surface area (Å²) in [6.45, 7) is 2.61. The van der Waals surface area contributed by atoms with E-state index in [0.29, 0.717) is 6.54 Å². The van der Waals surface area contributed by atoms with Gasteiger partial charge >= 0.3 is 5.69 Å². The van der Waals surface area contributed by atoms with Gasteiger partial charge in [-0.2, -0.15) is 5.10 Å². The van der Waals surface area contributed by atoms with Gasteiger partial charge in [-0.15, -0.1) is 0 Å².